The summed E-state index contributed by atoms with van der Waals surface area (Å²) in [6.07, 6.45) is 1.25. The predicted molar refractivity (Wildman–Crippen MR) is 67.7 cm³/mol. The molecule has 1 aromatic heterocycles. The average Bonchev–Trinajstić information content (AvgIpc) is 2.75. The van der Waals surface area contributed by atoms with Crippen molar-refractivity contribution in [2.24, 2.45) is 0 Å². The molecule has 1 N–H and O–H groups in total. The van der Waals surface area contributed by atoms with Crippen molar-refractivity contribution in [2.75, 3.05) is 0 Å². The molecule has 1 unspecified atom stereocenters. The molecule has 1 atom stereocenters. The maximum Gasteiger partial charge on any atom is 0.208 e. The second kappa shape index (κ2) is 5.84. The van der Waals surface area contributed by atoms with E-state index in [1.54, 1.807) is 29.7 Å². The van der Waals surface area contributed by atoms with Gasteiger partial charge in [0.25, 0.3) is 0 Å². The van der Waals surface area contributed by atoms with Gasteiger partial charge >= 0.3 is 0 Å². The van der Waals surface area contributed by atoms with Gasteiger partial charge in [-0.05, 0) is 12.5 Å². The lowest BCUT2D eigenvalue weighted by molar-refractivity contribution is 0.168. The Morgan fingerprint density at radius 2 is 2.12 bits per heavy atom. The largest absolute Gasteiger partial charge is 0.391 e. The van der Waals surface area contributed by atoms with Crippen LogP contribution in [0.2, 0.25) is 0 Å². The van der Waals surface area contributed by atoms with Crippen LogP contribution >= 0.6 is 11.8 Å². The summed E-state index contributed by atoms with van der Waals surface area (Å²) in [5.74, 6) is 0.861. The van der Waals surface area contributed by atoms with Crippen molar-refractivity contribution in [3.05, 3.63) is 42.2 Å². The van der Waals surface area contributed by atoms with Crippen molar-refractivity contribution in [3.8, 4) is 0 Å². The van der Waals surface area contributed by atoms with Crippen LogP contribution in [0.25, 0.3) is 0 Å². The minimum Gasteiger partial charge on any atom is -0.391 e. The molecule has 17 heavy (non-hydrogen) atoms. The predicted octanol–water partition coefficient (Wildman–Crippen LogP) is 1.95. The molecule has 4 nitrogen and oxygen atoms in total. The van der Waals surface area contributed by atoms with Gasteiger partial charge in [-0.3, -0.25) is 0 Å². The summed E-state index contributed by atoms with van der Waals surface area (Å²) in [5, 5.41) is 14.2. The third-order valence-corrected chi connectivity index (χ3v) is 3.10. The fraction of sp³-hybridized carbons (Fsp3) is 0.333. The SMILES string of the molecule is CC(O)Cn1cnc(SCc2ccccc2)n1. The van der Waals surface area contributed by atoms with E-state index < -0.39 is 6.10 Å². The number of benzene rings is 1. The molecule has 2 rings (SSSR count). The highest BCUT2D eigenvalue weighted by Crippen LogP contribution is 2.18. The Morgan fingerprint density at radius 3 is 2.82 bits per heavy atom. The molecular weight excluding hydrogens is 234 g/mol. The lowest BCUT2D eigenvalue weighted by Gasteiger charge is -2.01. The Labute approximate surface area is 105 Å². The highest BCUT2D eigenvalue weighted by molar-refractivity contribution is 7.98. The Kier molecular flexibility index (Phi) is 4.17. The first-order valence-corrected chi connectivity index (χ1v) is 6.47. The highest BCUT2D eigenvalue weighted by Gasteiger charge is 2.04. The van der Waals surface area contributed by atoms with Crippen molar-refractivity contribution in [1.82, 2.24) is 14.8 Å². The molecule has 0 aliphatic carbocycles. The summed E-state index contributed by atoms with van der Waals surface area (Å²) in [4.78, 5) is 4.19. The van der Waals surface area contributed by atoms with Crippen LogP contribution in [-0.2, 0) is 12.3 Å². The van der Waals surface area contributed by atoms with Gasteiger partial charge in [-0.15, -0.1) is 5.10 Å². The average molecular weight is 249 g/mol. The Balaban J connectivity index is 1.89. The zero-order valence-electron chi connectivity index (χ0n) is 9.65. The van der Waals surface area contributed by atoms with Crippen molar-refractivity contribution in [2.45, 2.75) is 30.5 Å². The minimum absolute atomic E-state index is 0.399. The molecule has 0 fully saturated rings. The van der Waals surface area contributed by atoms with E-state index in [0.717, 1.165) is 10.9 Å². The van der Waals surface area contributed by atoms with Gasteiger partial charge in [0.1, 0.15) is 6.33 Å². The van der Waals surface area contributed by atoms with Gasteiger partial charge in [0.15, 0.2) is 0 Å². The molecule has 0 aliphatic heterocycles. The lowest BCUT2D eigenvalue weighted by Crippen LogP contribution is -2.11. The second-order valence-electron chi connectivity index (χ2n) is 3.87. The third kappa shape index (κ3) is 3.87. The molecule has 0 amide bonds. The molecule has 1 aromatic carbocycles. The zero-order valence-corrected chi connectivity index (χ0v) is 10.5. The van der Waals surface area contributed by atoms with Crippen molar-refractivity contribution < 1.29 is 5.11 Å². The van der Waals surface area contributed by atoms with E-state index in [0.29, 0.717) is 6.54 Å². The summed E-state index contributed by atoms with van der Waals surface area (Å²) >= 11 is 1.60. The van der Waals surface area contributed by atoms with E-state index in [4.69, 9.17) is 0 Å². The van der Waals surface area contributed by atoms with Crippen LogP contribution in [0.1, 0.15) is 12.5 Å². The van der Waals surface area contributed by atoms with Crippen LogP contribution in [0.5, 0.6) is 0 Å². The first-order chi connectivity index (χ1) is 8.24. The molecule has 0 saturated heterocycles. The van der Waals surface area contributed by atoms with Crippen LogP contribution in [0, 0.1) is 0 Å². The number of aliphatic hydroxyl groups is 1. The molecule has 0 aliphatic rings. The van der Waals surface area contributed by atoms with Crippen LogP contribution in [0.3, 0.4) is 0 Å². The molecule has 5 heteroatoms. The quantitative estimate of drug-likeness (QED) is 0.823. The number of thioether (sulfide) groups is 1. The third-order valence-electron chi connectivity index (χ3n) is 2.18. The topological polar surface area (TPSA) is 50.9 Å². The summed E-state index contributed by atoms with van der Waals surface area (Å²) < 4.78 is 1.66. The van der Waals surface area contributed by atoms with Crippen LogP contribution in [0.4, 0.5) is 0 Å². The molecule has 90 valence electrons. The van der Waals surface area contributed by atoms with Crippen molar-refractivity contribution in [1.29, 1.82) is 0 Å². The summed E-state index contributed by atoms with van der Waals surface area (Å²) in [5.41, 5.74) is 1.25. The van der Waals surface area contributed by atoms with Crippen LogP contribution < -0.4 is 0 Å². The van der Waals surface area contributed by atoms with Gasteiger partial charge in [-0.2, -0.15) is 0 Å². The minimum atomic E-state index is -0.399. The lowest BCUT2D eigenvalue weighted by atomic mass is 10.2. The standard InChI is InChI=1S/C12H15N3OS/c1-10(16)7-15-9-13-12(14-15)17-8-11-5-3-2-4-6-11/h2-6,9-10,16H,7-8H2,1H3. The van der Waals surface area contributed by atoms with Crippen LogP contribution in [0.15, 0.2) is 41.8 Å². The van der Waals surface area contributed by atoms with E-state index in [9.17, 15) is 5.11 Å². The molecular formula is C12H15N3OS. The van der Waals surface area contributed by atoms with Gasteiger partial charge in [0.2, 0.25) is 5.16 Å². The summed E-state index contributed by atoms with van der Waals surface area (Å²) in [6.45, 7) is 2.22. The van der Waals surface area contributed by atoms with E-state index in [1.807, 2.05) is 18.2 Å². The molecule has 0 spiro atoms. The molecule has 0 bridgehead atoms. The number of hydrogen-bond donors (Lipinski definition) is 1. The normalized spacial score (nSPS) is 12.6. The molecule has 0 radical (unpaired) electrons. The fourth-order valence-electron chi connectivity index (χ4n) is 1.42. The first-order valence-electron chi connectivity index (χ1n) is 5.48. The van der Waals surface area contributed by atoms with Crippen molar-refractivity contribution >= 4 is 11.8 Å². The molecule has 1 heterocycles. The Morgan fingerprint density at radius 1 is 1.35 bits per heavy atom. The van der Waals surface area contributed by atoms with E-state index in [1.165, 1.54) is 5.56 Å². The van der Waals surface area contributed by atoms with Gasteiger partial charge in [-0.25, -0.2) is 9.67 Å². The zero-order chi connectivity index (χ0) is 12.1. The number of aromatic nitrogens is 3. The van der Waals surface area contributed by atoms with Gasteiger partial charge < -0.3 is 5.11 Å². The molecule has 2 aromatic rings. The highest BCUT2D eigenvalue weighted by atomic mass is 32.2. The van der Waals surface area contributed by atoms with E-state index >= 15 is 0 Å². The summed E-state index contributed by atoms with van der Waals surface area (Å²) in [6, 6.07) is 10.2. The van der Waals surface area contributed by atoms with Gasteiger partial charge in [0, 0.05) is 5.75 Å². The smallest absolute Gasteiger partial charge is 0.208 e. The maximum atomic E-state index is 9.23. The van der Waals surface area contributed by atoms with Gasteiger partial charge in [0.05, 0.1) is 12.6 Å². The maximum absolute atomic E-state index is 9.23. The Bertz CT molecular complexity index is 456. The van der Waals surface area contributed by atoms with E-state index in [2.05, 4.69) is 22.2 Å². The number of nitrogens with zero attached hydrogens (tertiary/aromatic N) is 3. The first kappa shape index (κ1) is 12.1. The van der Waals surface area contributed by atoms with Crippen LogP contribution in [-0.4, -0.2) is 26.0 Å². The monoisotopic (exact) mass is 249 g/mol. The molecule has 0 saturated carbocycles. The van der Waals surface area contributed by atoms with E-state index in [-0.39, 0.29) is 0 Å². The van der Waals surface area contributed by atoms with Gasteiger partial charge in [-0.1, -0.05) is 42.1 Å². The second-order valence-corrected chi connectivity index (χ2v) is 4.81. The number of hydrogen-bond acceptors (Lipinski definition) is 4. The number of rotatable bonds is 5. The fourth-order valence-corrected chi connectivity index (χ4v) is 2.20. The summed E-state index contributed by atoms with van der Waals surface area (Å²) in [7, 11) is 0. The van der Waals surface area contributed by atoms with Crippen molar-refractivity contribution in [3.63, 3.8) is 0 Å². The Hall–Kier alpha value is -1.33. The number of aliphatic hydroxyl groups excluding tert-OH is 1.